The Kier molecular flexibility index (Phi) is 2.60. The van der Waals surface area contributed by atoms with Gasteiger partial charge in [-0.05, 0) is 17.2 Å². The molecule has 1 N–H and O–H groups in total. The van der Waals surface area contributed by atoms with Crippen molar-refractivity contribution in [2.75, 3.05) is 0 Å². The van der Waals surface area contributed by atoms with Crippen LogP contribution in [0.3, 0.4) is 0 Å². The Balaban J connectivity index is 2.17. The first-order valence-corrected chi connectivity index (χ1v) is 5.77. The number of imidazole rings is 1. The van der Waals surface area contributed by atoms with Crippen LogP contribution >= 0.6 is 11.6 Å². The minimum Gasteiger partial charge on any atom is -0.311 e. The third-order valence-corrected chi connectivity index (χ3v) is 2.97. The Morgan fingerprint density at radius 3 is 2.83 bits per heavy atom. The molecule has 5 nitrogen and oxygen atoms in total. The molecule has 18 heavy (non-hydrogen) atoms. The molecule has 0 amide bonds. The van der Waals surface area contributed by atoms with Gasteiger partial charge in [-0.3, -0.25) is 4.79 Å². The van der Waals surface area contributed by atoms with E-state index in [1.165, 1.54) is 6.33 Å². The quantitative estimate of drug-likeness (QED) is 0.715. The Labute approximate surface area is 107 Å². The Hall–Kier alpha value is -2.14. The van der Waals surface area contributed by atoms with E-state index in [1.54, 1.807) is 4.57 Å². The summed E-state index contributed by atoms with van der Waals surface area (Å²) in [6, 6.07) is 9.74. The maximum atomic E-state index is 11.8. The number of nitrogens with zero attached hydrogens (tertiary/aromatic N) is 3. The van der Waals surface area contributed by atoms with E-state index in [4.69, 9.17) is 11.6 Å². The number of aromatic nitrogens is 4. The third kappa shape index (κ3) is 1.78. The van der Waals surface area contributed by atoms with E-state index >= 15 is 0 Å². The van der Waals surface area contributed by atoms with Crippen LogP contribution in [0, 0.1) is 0 Å². The molecule has 3 rings (SSSR count). The van der Waals surface area contributed by atoms with E-state index in [1.807, 2.05) is 30.3 Å². The van der Waals surface area contributed by atoms with Gasteiger partial charge in [0.25, 0.3) is 5.56 Å². The van der Waals surface area contributed by atoms with Crippen molar-refractivity contribution in [1.29, 1.82) is 0 Å². The SMILES string of the molecule is O=c1[nH]cnc2nc(Cl)n(Cc3ccccc3)c12. The molecule has 0 saturated heterocycles. The van der Waals surface area contributed by atoms with Gasteiger partial charge >= 0.3 is 0 Å². The maximum Gasteiger partial charge on any atom is 0.277 e. The topological polar surface area (TPSA) is 63.6 Å². The van der Waals surface area contributed by atoms with Gasteiger partial charge in [-0.25, -0.2) is 4.98 Å². The van der Waals surface area contributed by atoms with Gasteiger partial charge in [0.2, 0.25) is 5.28 Å². The van der Waals surface area contributed by atoms with E-state index in [2.05, 4.69) is 15.0 Å². The van der Waals surface area contributed by atoms with Crippen LogP contribution in [-0.4, -0.2) is 19.5 Å². The summed E-state index contributed by atoms with van der Waals surface area (Å²) in [7, 11) is 0. The fraction of sp³-hybridized carbons (Fsp3) is 0.0833. The summed E-state index contributed by atoms with van der Waals surface area (Å²) in [6.07, 6.45) is 1.32. The number of benzene rings is 1. The van der Waals surface area contributed by atoms with Crippen molar-refractivity contribution in [3.8, 4) is 0 Å². The van der Waals surface area contributed by atoms with Gasteiger partial charge < -0.3 is 9.55 Å². The molecule has 0 aliphatic carbocycles. The lowest BCUT2D eigenvalue weighted by Crippen LogP contribution is -2.12. The van der Waals surface area contributed by atoms with Crippen LogP contribution < -0.4 is 5.56 Å². The van der Waals surface area contributed by atoms with Crippen LogP contribution in [0.25, 0.3) is 11.2 Å². The first-order valence-electron chi connectivity index (χ1n) is 5.39. The van der Waals surface area contributed by atoms with Crippen LogP contribution in [0.1, 0.15) is 5.56 Å². The molecule has 0 aliphatic heterocycles. The molecule has 0 aliphatic rings. The smallest absolute Gasteiger partial charge is 0.277 e. The standard InChI is InChI=1S/C12H9ClN4O/c13-12-16-10-9(11(18)15-7-14-10)17(12)6-8-4-2-1-3-5-8/h1-5,7H,6H2,(H,14,15,18). The van der Waals surface area contributed by atoms with Crippen molar-refractivity contribution < 1.29 is 0 Å². The van der Waals surface area contributed by atoms with Gasteiger partial charge in [0.05, 0.1) is 12.9 Å². The lowest BCUT2D eigenvalue weighted by Gasteiger charge is -2.04. The molecule has 0 fully saturated rings. The van der Waals surface area contributed by atoms with Crippen molar-refractivity contribution >= 4 is 22.8 Å². The highest BCUT2D eigenvalue weighted by atomic mass is 35.5. The minimum atomic E-state index is -0.240. The van der Waals surface area contributed by atoms with Crippen LogP contribution in [0.5, 0.6) is 0 Å². The molecule has 3 aromatic rings. The van der Waals surface area contributed by atoms with Gasteiger partial charge in [0, 0.05) is 0 Å². The van der Waals surface area contributed by atoms with Crippen molar-refractivity contribution in [3.05, 3.63) is 57.9 Å². The first kappa shape index (κ1) is 11.0. The molecule has 0 unspecified atom stereocenters. The van der Waals surface area contributed by atoms with Crippen LogP contribution in [-0.2, 0) is 6.54 Å². The van der Waals surface area contributed by atoms with Gasteiger partial charge in [0.1, 0.15) is 0 Å². The highest BCUT2D eigenvalue weighted by Gasteiger charge is 2.13. The number of fused-ring (bicyclic) bond motifs is 1. The Morgan fingerprint density at radius 1 is 1.28 bits per heavy atom. The van der Waals surface area contributed by atoms with Crippen LogP contribution in [0.4, 0.5) is 0 Å². The molecule has 0 saturated carbocycles. The van der Waals surface area contributed by atoms with E-state index in [9.17, 15) is 4.79 Å². The van der Waals surface area contributed by atoms with E-state index in [0.29, 0.717) is 17.7 Å². The van der Waals surface area contributed by atoms with Crippen molar-refractivity contribution in [1.82, 2.24) is 19.5 Å². The molecule has 0 atom stereocenters. The number of nitrogens with one attached hydrogen (secondary N) is 1. The van der Waals surface area contributed by atoms with Crippen molar-refractivity contribution in [2.45, 2.75) is 6.54 Å². The van der Waals surface area contributed by atoms with Gasteiger partial charge in [0.15, 0.2) is 11.2 Å². The summed E-state index contributed by atoms with van der Waals surface area (Å²) in [5, 5.41) is 0.262. The summed E-state index contributed by atoms with van der Waals surface area (Å²) in [6.45, 7) is 0.491. The summed E-state index contributed by atoms with van der Waals surface area (Å²) in [5.74, 6) is 0. The summed E-state index contributed by atoms with van der Waals surface area (Å²) >= 11 is 6.05. The summed E-state index contributed by atoms with van der Waals surface area (Å²) in [5.41, 5.74) is 1.56. The number of hydrogen-bond acceptors (Lipinski definition) is 3. The fourth-order valence-electron chi connectivity index (χ4n) is 1.86. The van der Waals surface area contributed by atoms with Crippen molar-refractivity contribution in [3.63, 3.8) is 0 Å². The van der Waals surface area contributed by atoms with Crippen LogP contribution in [0.15, 0.2) is 41.5 Å². The summed E-state index contributed by atoms with van der Waals surface area (Å²) in [4.78, 5) is 22.4. The number of halogens is 1. The Bertz CT molecular complexity index is 748. The number of aromatic amines is 1. The molecule has 0 spiro atoms. The minimum absolute atomic E-state index is 0.240. The first-order chi connectivity index (χ1) is 8.75. The molecular formula is C12H9ClN4O. The Morgan fingerprint density at radius 2 is 2.06 bits per heavy atom. The van der Waals surface area contributed by atoms with Gasteiger partial charge in [-0.2, -0.15) is 4.98 Å². The number of hydrogen-bond donors (Lipinski definition) is 1. The largest absolute Gasteiger partial charge is 0.311 e. The second-order valence-corrected chi connectivity index (χ2v) is 4.19. The predicted octanol–water partition coefficient (Wildman–Crippen LogP) is 1.82. The molecule has 6 heteroatoms. The molecule has 90 valence electrons. The molecule has 1 aromatic carbocycles. The second-order valence-electron chi connectivity index (χ2n) is 3.86. The van der Waals surface area contributed by atoms with E-state index in [0.717, 1.165) is 5.56 Å². The lowest BCUT2D eigenvalue weighted by molar-refractivity contribution is 0.820. The highest BCUT2D eigenvalue weighted by Crippen LogP contribution is 2.16. The molecular weight excluding hydrogens is 252 g/mol. The zero-order chi connectivity index (χ0) is 12.5. The fourth-order valence-corrected chi connectivity index (χ4v) is 2.08. The average molecular weight is 261 g/mol. The normalized spacial score (nSPS) is 10.9. The number of H-pyrrole nitrogens is 1. The zero-order valence-corrected chi connectivity index (χ0v) is 10.1. The number of rotatable bonds is 2. The molecule has 2 heterocycles. The lowest BCUT2D eigenvalue weighted by atomic mass is 10.2. The van der Waals surface area contributed by atoms with E-state index < -0.39 is 0 Å². The average Bonchev–Trinajstić information content (AvgIpc) is 2.69. The second kappa shape index (κ2) is 4.27. The monoisotopic (exact) mass is 260 g/mol. The van der Waals surface area contributed by atoms with Gasteiger partial charge in [-0.15, -0.1) is 0 Å². The zero-order valence-electron chi connectivity index (χ0n) is 9.30. The van der Waals surface area contributed by atoms with Crippen molar-refractivity contribution in [2.24, 2.45) is 0 Å². The molecule has 2 aromatic heterocycles. The highest BCUT2D eigenvalue weighted by molar-refractivity contribution is 6.29. The maximum absolute atomic E-state index is 11.8. The van der Waals surface area contributed by atoms with Gasteiger partial charge in [-0.1, -0.05) is 30.3 Å². The summed E-state index contributed by atoms with van der Waals surface area (Å²) < 4.78 is 1.65. The van der Waals surface area contributed by atoms with Crippen LogP contribution in [0.2, 0.25) is 5.28 Å². The predicted molar refractivity (Wildman–Crippen MR) is 68.7 cm³/mol. The molecule has 0 radical (unpaired) electrons. The van der Waals surface area contributed by atoms with E-state index in [-0.39, 0.29) is 10.8 Å². The third-order valence-electron chi connectivity index (χ3n) is 2.68. The molecule has 0 bridgehead atoms.